The molecular weight excluding hydrogens is 292 g/mol. The van der Waals surface area contributed by atoms with Crippen LogP contribution < -0.4 is 5.32 Å². The Labute approximate surface area is 134 Å². The second kappa shape index (κ2) is 6.20. The van der Waals surface area contributed by atoms with Crippen LogP contribution in [0.25, 0.3) is 0 Å². The van der Waals surface area contributed by atoms with Crippen LogP contribution in [-0.4, -0.2) is 37.5 Å². The van der Waals surface area contributed by atoms with Crippen LogP contribution in [-0.2, 0) is 4.79 Å². The number of hydrogen-bond donors (Lipinski definition) is 2. The summed E-state index contributed by atoms with van der Waals surface area (Å²) in [4.78, 5) is 22.7. The van der Waals surface area contributed by atoms with Crippen molar-refractivity contribution in [3.05, 3.63) is 42.0 Å². The summed E-state index contributed by atoms with van der Waals surface area (Å²) >= 11 is 0. The molecule has 1 fully saturated rings. The minimum absolute atomic E-state index is 0.0244. The number of carbonyl (C=O) groups is 1. The first-order valence-electron chi connectivity index (χ1n) is 7.64. The Bertz CT molecular complexity index is 738. The van der Waals surface area contributed by atoms with Gasteiger partial charge in [0.15, 0.2) is 5.82 Å². The van der Waals surface area contributed by atoms with Gasteiger partial charge in [0.2, 0.25) is 5.91 Å². The number of H-pyrrole nitrogens is 1. The molecule has 2 aromatic rings. The predicted molar refractivity (Wildman–Crippen MR) is 87.3 cm³/mol. The van der Waals surface area contributed by atoms with Gasteiger partial charge in [-0.1, -0.05) is 6.58 Å². The number of nitrogens with zero attached hydrogens (tertiary/aromatic N) is 4. The zero-order valence-corrected chi connectivity index (χ0v) is 13.3. The number of aryl methyl sites for hydroxylation is 2. The molecular formula is C16H20N6O. The average Bonchev–Trinajstić information content (AvgIpc) is 3.15. The molecule has 0 unspecified atom stereocenters. The Balaban J connectivity index is 1.88. The van der Waals surface area contributed by atoms with Crippen LogP contribution in [0.5, 0.6) is 0 Å². The van der Waals surface area contributed by atoms with Gasteiger partial charge in [-0.15, -0.1) is 0 Å². The van der Waals surface area contributed by atoms with E-state index < -0.39 is 0 Å². The number of rotatable bonds is 4. The van der Waals surface area contributed by atoms with Crippen LogP contribution in [0.15, 0.2) is 24.8 Å². The second-order valence-electron chi connectivity index (χ2n) is 5.68. The molecule has 0 radical (unpaired) electrons. The SMILES string of the molecule is C=CC(=O)N1CCC[C@@H]1c1cc(Nc2cc(C)[nH]n2)nc(C)n1. The lowest BCUT2D eigenvalue weighted by Gasteiger charge is -2.23. The Hall–Kier alpha value is -2.70. The van der Waals surface area contributed by atoms with Crippen molar-refractivity contribution < 1.29 is 4.79 Å². The van der Waals surface area contributed by atoms with E-state index in [1.165, 1.54) is 6.08 Å². The van der Waals surface area contributed by atoms with Crippen molar-refractivity contribution >= 4 is 17.5 Å². The lowest BCUT2D eigenvalue weighted by molar-refractivity contribution is -0.126. The summed E-state index contributed by atoms with van der Waals surface area (Å²) in [6.45, 7) is 8.10. The van der Waals surface area contributed by atoms with Crippen molar-refractivity contribution in [2.75, 3.05) is 11.9 Å². The fourth-order valence-corrected chi connectivity index (χ4v) is 2.89. The third-order valence-corrected chi connectivity index (χ3v) is 3.87. The molecule has 7 heteroatoms. The van der Waals surface area contributed by atoms with Crippen LogP contribution in [0.3, 0.4) is 0 Å². The molecule has 1 atom stereocenters. The van der Waals surface area contributed by atoms with E-state index >= 15 is 0 Å². The first kappa shape index (κ1) is 15.2. The highest BCUT2D eigenvalue weighted by molar-refractivity contribution is 5.87. The van der Waals surface area contributed by atoms with Gasteiger partial charge in [-0.05, 0) is 32.8 Å². The van der Waals surface area contributed by atoms with E-state index in [0.717, 1.165) is 30.8 Å². The molecule has 3 rings (SSSR count). The Kier molecular flexibility index (Phi) is 4.10. The van der Waals surface area contributed by atoms with Gasteiger partial charge in [0, 0.05) is 24.4 Å². The van der Waals surface area contributed by atoms with Gasteiger partial charge in [-0.25, -0.2) is 9.97 Å². The largest absolute Gasteiger partial charge is 0.331 e. The molecule has 1 amide bonds. The van der Waals surface area contributed by atoms with Gasteiger partial charge in [-0.2, -0.15) is 5.10 Å². The highest BCUT2D eigenvalue weighted by atomic mass is 16.2. The molecule has 1 saturated heterocycles. The standard InChI is InChI=1S/C16H20N6O/c1-4-16(23)22-7-5-6-13(22)12-9-14(18-11(3)17-12)19-15-8-10(2)20-21-15/h4,8-9,13H,1,5-7H2,2-3H3,(H2,17,18,19,20,21)/t13-/m1/s1. The number of anilines is 2. The van der Waals surface area contributed by atoms with Crippen LogP contribution in [0.2, 0.25) is 0 Å². The lowest BCUT2D eigenvalue weighted by Crippen LogP contribution is -2.29. The second-order valence-corrected chi connectivity index (χ2v) is 5.68. The van der Waals surface area contributed by atoms with E-state index in [1.807, 2.05) is 30.9 Å². The van der Waals surface area contributed by atoms with Crippen molar-refractivity contribution in [3.63, 3.8) is 0 Å². The van der Waals surface area contributed by atoms with Gasteiger partial charge in [0.05, 0.1) is 11.7 Å². The van der Waals surface area contributed by atoms with Crippen molar-refractivity contribution in [1.82, 2.24) is 25.1 Å². The first-order valence-corrected chi connectivity index (χ1v) is 7.64. The molecule has 0 bridgehead atoms. The summed E-state index contributed by atoms with van der Waals surface area (Å²) in [6.07, 6.45) is 3.23. The third-order valence-electron chi connectivity index (χ3n) is 3.87. The van der Waals surface area contributed by atoms with E-state index in [9.17, 15) is 4.79 Å². The van der Waals surface area contributed by atoms with Crippen LogP contribution in [0, 0.1) is 13.8 Å². The average molecular weight is 312 g/mol. The van der Waals surface area contributed by atoms with Gasteiger partial charge >= 0.3 is 0 Å². The molecule has 2 aromatic heterocycles. The summed E-state index contributed by atoms with van der Waals surface area (Å²) in [6, 6.07) is 3.76. The maximum atomic E-state index is 12.0. The molecule has 3 heterocycles. The van der Waals surface area contributed by atoms with Crippen LogP contribution >= 0.6 is 0 Å². The number of nitrogens with one attached hydrogen (secondary N) is 2. The Morgan fingerprint density at radius 2 is 2.22 bits per heavy atom. The van der Waals surface area contributed by atoms with E-state index in [4.69, 9.17) is 0 Å². The summed E-state index contributed by atoms with van der Waals surface area (Å²) in [5.41, 5.74) is 1.82. The molecule has 0 saturated carbocycles. The molecule has 23 heavy (non-hydrogen) atoms. The Morgan fingerprint density at radius 3 is 2.91 bits per heavy atom. The number of amides is 1. The van der Waals surface area contributed by atoms with Gasteiger partial charge in [0.1, 0.15) is 11.6 Å². The minimum atomic E-state index is -0.0544. The number of likely N-dealkylation sites (tertiary alicyclic amines) is 1. The maximum Gasteiger partial charge on any atom is 0.246 e. The quantitative estimate of drug-likeness (QED) is 0.847. The molecule has 0 spiro atoms. The lowest BCUT2D eigenvalue weighted by atomic mass is 10.1. The van der Waals surface area contributed by atoms with E-state index in [0.29, 0.717) is 17.5 Å². The fraction of sp³-hybridized carbons (Fsp3) is 0.375. The van der Waals surface area contributed by atoms with E-state index in [-0.39, 0.29) is 11.9 Å². The number of carbonyl (C=O) groups excluding carboxylic acids is 1. The predicted octanol–water partition coefficient (Wildman–Crippen LogP) is 2.41. The van der Waals surface area contributed by atoms with Crippen LogP contribution in [0.1, 0.15) is 36.1 Å². The van der Waals surface area contributed by atoms with Gasteiger partial charge in [-0.3, -0.25) is 9.89 Å². The number of hydrogen-bond acceptors (Lipinski definition) is 5. The third kappa shape index (κ3) is 3.23. The zero-order chi connectivity index (χ0) is 16.4. The monoisotopic (exact) mass is 312 g/mol. The molecule has 0 aliphatic carbocycles. The molecule has 1 aliphatic rings. The smallest absolute Gasteiger partial charge is 0.246 e. The van der Waals surface area contributed by atoms with Crippen LogP contribution in [0.4, 0.5) is 11.6 Å². The summed E-state index contributed by atoms with van der Waals surface area (Å²) in [7, 11) is 0. The summed E-state index contributed by atoms with van der Waals surface area (Å²) in [5.74, 6) is 1.99. The minimum Gasteiger partial charge on any atom is -0.331 e. The summed E-state index contributed by atoms with van der Waals surface area (Å²) < 4.78 is 0. The number of aromatic nitrogens is 4. The van der Waals surface area contributed by atoms with E-state index in [1.54, 1.807) is 0 Å². The first-order chi connectivity index (χ1) is 11.1. The number of aromatic amines is 1. The maximum absolute atomic E-state index is 12.0. The summed E-state index contributed by atoms with van der Waals surface area (Å²) in [5, 5.41) is 10.2. The van der Waals surface area contributed by atoms with Crippen molar-refractivity contribution in [3.8, 4) is 0 Å². The van der Waals surface area contributed by atoms with Gasteiger partial charge in [0.25, 0.3) is 0 Å². The normalized spacial score (nSPS) is 17.3. The van der Waals surface area contributed by atoms with Crippen molar-refractivity contribution in [2.24, 2.45) is 0 Å². The molecule has 120 valence electrons. The highest BCUT2D eigenvalue weighted by Gasteiger charge is 2.30. The molecule has 0 aromatic carbocycles. The fourth-order valence-electron chi connectivity index (χ4n) is 2.89. The Morgan fingerprint density at radius 1 is 1.39 bits per heavy atom. The van der Waals surface area contributed by atoms with Gasteiger partial charge < -0.3 is 10.2 Å². The topological polar surface area (TPSA) is 86.8 Å². The highest BCUT2D eigenvalue weighted by Crippen LogP contribution is 2.32. The van der Waals surface area contributed by atoms with E-state index in [2.05, 4.69) is 32.1 Å². The van der Waals surface area contributed by atoms with Crippen molar-refractivity contribution in [1.29, 1.82) is 0 Å². The zero-order valence-electron chi connectivity index (χ0n) is 13.3. The molecule has 1 aliphatic heterocycles. The molecule has 2 N–H and O–H groups in total. The van der Waals surface area contributed by atoms with Crippen molar-refractivity contribution in [2.45, 2.75) is 32.7 Å². The molecule has 7 nitrogen and oxygen atoms in total.